The quantitative estimate of drug-likeness (QED) is 0.634. The van der Waals surface area contributed by atoms with Gasteiger partial charge < -0.3 is 15.0 Å². The summed E-state index contributed by atoms with van der Waals surface area (Å²) in [6.07, 6.45) is 1.97. The maximum Gasteiger partial charge on any atom is 0.338 e. The fourth-order valence-corrected chi connectivity index (χ4v) is 4.52. The van der Waals surface area contributed by atoms with Crippen LogP contribution < -0.4 is 5.32 Å². The summed E-state index contributed by atoms with van der Waals surface area (Å²) in [5.74, 6) is -0.539. The number of carbonyl (C=O) groups is 3. The second-order valence-corrected chi connectivity index (χ2v) is 8.64. The normalized spacial score (nSPS) is 21.8. The highest BCUT2D eigenvalue weighted by Gasteiger charge is 2.39. The van der Waals surface area contributed by atoms with Crippen molar-refractivity contribution in [2.45, 2.75) is 32.7 Å². The number of hydrogen-bond acceptors (Lipinski definition) is 5. The summed E-state index contributed by atoms with van der Waals surface area (Å²) in [7, 11) is 0. The van der Waals surface area contributed by atoms with E-state index >= 15 is 0 Å². The Morgan fingerprint density at radius 2 is 1.88 bits per heavy atom. The van der Waals surface area contributed by atoms with E-state index in [0.717, 1.165) is 12.8 Å². The minimum Gasteiger partial charge on any atom is -0.463 e. The topological polar surface area (TPSA) is 82.2 Å². The van der Waals surface area contributed by atoms with Crippen molar-refractivity contribution in [3.05, 3.63) is 46.9 Å². The van der Waals surface area contributed by atoms with Crippen LogP contribution in [0.1, 0.15) is 38.3 Å². The molecule has 9 heteroatoms. The number of amides is 3. The van der Waals surface area contributed by atoms with E-state index in [1.807, 2.05) is 11.8 Å². The molecule has 1 saturated heterocycles. The maximum atomic E-state index is 14.0. The molecule has 3 aliphatic rings. The van der Waals surface area contributed by atoms with Gasteiger partial charge in [-0.3, -0.25) is 14.6 Å². The molecule has 1 aromatic carbocycles. The van der Waals surface area contributed by atoms with Gasteiger partial charge in [0.2, 0.25) is 5.91 Å². The highest BCUT2D eigenvalue weighted by Crippen LogP contribution is 2.33. The lowest BCUT2D eigenvalue weighted by Crippen LogP contribution is -2.54. The Kier molecular flexibility index (Phi) is 6.97. The first kappa shape index (κ1) is 23.2. The van der Waals surface area contributed by atoms with Crippen LogP contribution in [0.5, 0.6) is 0 Å². The molecule has 2 heterocycles. The fraction of sp³-hybridized carbons (Fsp3) is 0.542. The molecular formula is C24H31FN4O4. The number of carbonyl (C=O) groups excluding carboxylic acids is 3. The molecule has 178 valence electrons. The molecule has 8 nitrogen and oxygen atoms in total. The molecule has 0 aromatic heterocycles. The molecule has 2 aliphatic heterocycles. The molecule has 1 saturated carbocycles. The van der Waals surface area contributed by atoms with Gasteiger partial charge in [0.25, 0.3) is 0 Å². The summed E-state index contributed by atoms with van der Waals surface area (Å²) in [5.41, 5.74) is 1.37. The minimum absolute atomic E-state index is 0.188. The third kappa shape index (κ3) is 5.03. The van der Waals surface area contributed by atoms with Gasteiger partial charge >= 0.3 is 12.0 Å². The summed E-state index contributed by atoms with van der Waals surface area (Å²) < 4.78 is 19.3. The second kappa shape index (κ2) is 9.91. The Morgan fingerprint density at radius 1 is 1.15 bits per heavy atom. The molecule has 0 spiro atoms. The zero-order valence-electron chi connectivity index (χ0n) is 19.2. The average molecular weight is 459 g/mol. The summed E-state index contributed by atoms with van der Waals surface area (Å²) in [4.78, 5) is 44.0. The van der Waals surface area contributed by atoms with Crippen molar-refractivity contribution in [2.75, 3.05) is 45.9 Å². The zero-order valence-corrected chi connectivity index (χ0v) is 19.2. The molecule has 0 bridgehead atoms. The number of likely N-dealkylation sites (N-methyl/N-ethyl adjacent to an activating group) is 1. The van der Waals surface area contributed by atoms with Gasteiger partial charge in [-0.15, -0.1) is 0 Å². The van der Waals surface area contributed by atoms with Gasteiger partial charge in [0.15, 0.2) is 0 Å². The van der Waals surface area contributed by atoms with Crippen LogP contribution in [0.15, 0.2) is 35.5 Å². The Balaban J connectivity index is 1.63. The van der Waals surface area contributed by atoms with Crippen molar-refractivity contribution in [1.82, 2.24) is 20.0 Å². The Morgan fingerprint density at radius 3 is 2.48 bits per heavy atom. The van der Waals surface area contributed by atoms with Crippen LogP contribution in [0, 0.1) is 11.7 Å². The molecule has 33 heavy (non-hydrogen) atoms. The number of nitrogens with zero attached hydrogens (tertiary/aromatic N) is 3. The van der Waals surface area contributed by atoms with E-state index in [1.165, 1.54) is 12.1 Å². The molecule has 1 atom stereocenters. The standard InChI is InChI=1S/C24H31FN4O4/c1-3-29-19(15-27-10-12-28(13-11-27)22(30)16-8-9-16)20(23(31)33-4-2)21(26-24(29)32)17-6-5-7-18(25)14-17/h5-7,14,16,21H,3-4,8-13,15H2,1-2H3,(H,26,32)/t21-/m0/s1. The number of halogens is 1. The van der Waals surface area contributed by atoms with E-state index in [9.17, 15) is 18.8 Å². The summed E-state index contributed by atoms with van der Waals surface area (Å²) in [6.45, 7) is 7.07. The van der Waals surface area contributed by atoms with Gasteiger partial charge in [0.1, 0.15) is 5.82 Å². The van der Waals surface area contributed by atoms with E-state index in [0.29, 0.717) is 56.1 Å². The van der Waals surface area contributed by atoms with Crippen LogP contribution >= 0.6 is 0 Å². The van der Waals surface area contributed by atoms with Crippen molar-refractivity contribution in [3.63, 3.8) is 0 Å². The Hall–Kier alpha value is -2.94. The molecule has 0 unspecified atom stereocenters. The summed E-state index contributed by atoms with van der Waals surface area (Å²) >= 11 is 0. The molecule has 1 aliphatic carbocycles. The van der Waals surface area contributed by atoms with E-state index in [-0.39, 0.29) is 24.5 Å². The van der Waals surface area contributed by atoms with E-state index < -0.39 is 17.8 Å². The van der Waals surface area contributed by atoms with Crippen LogP contribution in [0.25, 0.3) is 0 Å². The first-order chi connectivity index (χ1) is 15.9. The Labute approximate surface area is 193 Å². The molecule has 2 fully saturated rings. The van der Waals surface area contributed by atoms with E-state index in [2.05, 4.69) is 10.2 Å². The number of nitrogens with one attached hydrogen (secondary N) is 1. The molecule has 4 rings (SSSR count). The predicted octanol–water partition coefficient (Wildman–Crippen LogP) is 2.28. The van der Waals surface area contributed by atoms with E-state index in [4.69, 9.17) is 4.74 Å². The number of hydrogen-bond donors (Lipinski definition) is 1. The molecule has 1 N–H and O–H groups in total. The van der Waals surface area contributed by atoms with Crippen molar-refractivity contribution < 1.29 is 23.5 Å². The lowest BCUT2D eigenvalue weighted by molar-refractivity contribution is -0.139. The van der Waals surface area contributed by atoms with Crippen LogP contribution in [-0.2, 0) is 14.3 Å². The van der Waals surface area contributed by atoms with E-state index in [1.54, 1.807) is 24.0 Å². The summed E-state index contributed by atoms with van der Waals surface area (Å²) in [6, 6.07) is 4.76. The van der Waals surface area contributed by atoms with Crippen LogP contribution in [0.3, 0.4) is 0 Å². The number of rotatable bonds is 7. The lowest BCUT2D eigenvalue weighted by Gasteiger charge is -2.40. The first-order valence-corrected chi connectivity index (χ1v) is 11.7. The zero-order chi connectivity index (χ0) is 23.5. The van der Waals surface area contributed by atoms with Crippen molar-refractivity contribution in [1.29, 1.82) is 0 Å². The number of esters is 1. The van der Waals surface area contributed by atoms with Crippen LogP contribution in [-0.4, -0.2) is 78.5 Å². The number of urea groups is 1. The fourth-order valence-electron chi connectivity index (χ4n) is 4.52. The van der Waals surface area contributed by atoms with Crippen LogP contribution in [0.2, 0.25) is 0 Å². The third-order valence-corrected chi connectivity index (χ3v) is 6.42. The minimum atomic E-state index is -0.803. The number of piperazine rings is 1. The second-order valence-electron chi connectivity index (χ2n) is 8.64. The SMILES string of the molecule is CCOC(=O)C1=C(CN2CCN(C(=O)C3CC3)CC2)N(CC)C(=O)N[C@H]1c1cccc(F)c1. The highest BCUT2D eigenvalue weighted by molar-refractivity contribution is 5.95. The number of benzene rings is 1. The van der Waals surface area contributed by atoms with Gasteiger partial charge in [-0.2, -0.15) is 0 Å². The van der Waals surface area contributed by atoms with Crippen molar-refractivity contribution in [2.24, 2.45) is 5.92 Å². The van der Waals surface area contributed by atoms with Gasteiger partial charge in [0.05, 0.1) is 18.2 Å². The first-order valence-electron chi connectivity index (χ1n) is 11.7. The van der Waals surface area contributed by atoms with Crippen molar-refractivity contribution in [3.8, 4) is 0 Å². The summed E-state index contributed by atoms with van der Waals surface area (Å²) in [5, 5.41) is 2.85. The van der Waals surface area contributed by atoms with Gasteiger partial charge in [0, 0.05) is 50.9 Å². The van der Waals surface area contributed by atoms with Crippen LogP contribution in [0.4, 0.5) is 9.18 Å². The number of ether oxygens (including phenoxy) is 1. The van der Waals surface area contributed by atoms with Gasteiger partial charge in [-0.05, 0) is 44.4 Å². The lowest BCUT2D eigenvalue weighted by atomic mass is 9.94. The highest BCUT2D eigenvalue weighted by atomic mass is 19.1. The predicted molar refractivity (Wildman–Crippen MR) is 119 cm³/mol. The molecule has 3 amide bonds. The monoisotopic (exact) mass is 458 g/mol. The van der Waals surface area contributed by atoms with Gasteiger partial charge in [-0.25, -0.2) is 14.0 Å². The molecule has 1 aromatic rings. The molecule has 0 radical (unpaired) electrons. The smallest absolute Gasteiger partial charge is 0.338 e. The third-order valence-electron chi connectivity index (χ3n) is 6.42. The van der Waals surface area contributed by atoms with Crippen molar-refractivity contribution >= 4 is 17.9 Å². The average Bonchev–Trinajstić information content (AvgIpc) is 3.64. The van der Waals surface area contributed by atoms with Gasteiger partial charge in [-0.1, -0.05) is 12.1 Å². The maximum absolute atomic E-state index is 14.0. The largest absolute Gasteiger partial charge is 0.463 e. The Bertz CT molecular complexity index is 954. The molecular weight excluding hydrogens is 427 g/mol.